The molecular formula is C51H81O14P. The molecule has 0 aromatic carbocycles. The van der Waals surface area contributed by atoms with Crippen LogP contribution in [0.1, 0.15) is 136 Å². The highest BCUT2D eigenvalue weighted by atomic mass is 31.2. The Morgan fingerprint density at radius 2 is 1.06 bits per heavy atom. The summed E-state index contributed by atoms with van der Waals surface area (Å²) >= 11 is 0. The smallest absolute Gasteiger partial charge is 0.462 e. The number of phosphoric ester groups is 1. The first kappa shape index (κ1) is 60.5. The van der Waals surface area contributed by atoms with Gasteiger partial charge in [0, 0.05) is 12.8 Å². The van der Waals surface area contributed by atoms with Gasteiger partial charge < -0.3 is 45.0 Å². The third kappa shape index (κ3) is 31.4. The van der Waals surface area contributed by atoms with Gasteiger partial charge in [0.1, 0.15) is 43.2 Å². The minimum Gasteiger partial charge on any atom is -0.462 e. The van der Waals surface area contributed by atoms with E-state index >= 15 is 0 Å². The monoisotopic (exact) mass is 949 g/mol. The fourth-order valence-electron chi connectivity index (χ4n) is 6.33. The molecule has 1 aliphatic rings. The minimum absolute atomic E-state index is 0.0258. The number of carbonyl (C=O) groups is 2. The SMILES string of the molecule is CC/C=C\C/C=C\C/C=C\C/C=C\C/C=C\CCCCCC(=O)OC[C@H](COP(=O)(O)OC1[C@H](O)[C@H](O)C(O)[C@H](O)[C@H]1O)OC(=O)CCC/C=C\C/C=C\C=C\[C@@H](O)C/C=C\CCCCC. The molecular weight excluding hydrogens is 868 g/mol. The maximum atomic E-state index is 12.8. The second kappa shape index (κ2) is 39.5. The molecule has 1 saturated carbocycles. The molecule has 374 valence electrons. The Balaban J connectivity index is 2.55. The molecule has 0 aliphatic heterocycles. The summed E-state index contributed by atoms with van der Waals surface area (Å²) in [6.07, 6.45) is 37.3. The van der Waals surface area contributed by atoms with Crippen molar-refractivity contribution in [2.45, 2.75) is 185 Å². The number of hydrogen-bond donors (Lipinski definition) is 7. The van der Waals surface area contributed by atoms with E-state index in [1.165, 1.54) is 12.8 Å². The van der Waals surface area contributed by atoms with Crippen LogP contribution >= 0.6 is 7.82 Å². The van der Waals surface area contributed by atoms with Crippen LogP contribution in [-0.2, 0) is 32.7 Å². The van der Waals surface area contributed by atoms with Crippen LogP contribution in [0.2, 0.25) is 0 Å². The first-order chi connectivity index (χ1) is 31.8. The lowest BCUT2D eigenvalue weighted by molar-refractivity contribution is -0.220. The summed E-state index contributed by atoms with van der Waals surface area (Å²) in [5.41, 5.74) is 0. The molecule has 0 aromatic heterocycles. The predicted octanol–water partition coefficient (Wildman–Crippen LogP) is 8.58. The summed E-state index contributed by atoms with van der Waals surface area (Å²) in [7, 11) is -5.17. The summed E-state index contributed by atoms with van der Waals surface area (Å²) < 4.78 is 33.4. The van der Waals surface area contributed by atoms with Crippen molar-refractivity contribution in [2.75, 3.05) is 13.2 Å². The van der Waals surface area contributed by atoms with E-state index in [0.717, 1.165) is 64.2 Å². The Bertz CT molecular complexity index is 1580. The summed E-state index contributed by atoms with van der Waals surface area (Å²) in [5.74, 6) is -1.25. The first-order valence-electron chi connectivity index (χ1n) is 23.8. The van der Waals surface area contributed by atoms with Gasteiger partial charge in [0.25, 0.3) is 0 Å². The van der Waals surface area contributed by atoms with Crippen molar-refractivity contribution in [3.05, 3.63) is 109 Å². The van der Waals surface area contributed by atoms with Crippen molar-refractivity contribution < 1.29 is 68.2 Å². The number of phosphoric acid groups is 1. The maximum absolute atomic E-state index is 12.8. The van der Waals surface area contributed by atoms with E-state index in [9.17, 15) is 49.7 Å². The Morgan fingerprint density at radius 1 is 0.561 bits per heavy atom. The third-order valence-corrected chi connectivity index (χ3v) is 11.2. The molecule has 7 N–H and O–H groups in total. The van der Waals surface area contributed by atoms with Crippen LogP contribution in [0.5, 0.6) is 0 Å². The number of aliphatic hydroxyl groups is 6. The first-order valence-corrected chi connectivity index (χ1v) is 25.3. The quantitative estimate of drug-likeness (QED) is 0.0102. The number of hydrogen-bond acceptors (Lipinski definition) is 13. The Morgan fingerprint density at radius 3 is 1.65 bits per heavy atom. The van der Waals surface area contributed by atoms with Crippen molar-refractivity contribution in [1.29, 1.82) is 0 Å². The largest absolute Gasteiger partial charge is 0.472 e. The fraction of sp³-hybridized carbons (Fsp3) is 0.608. The highest BCUT2D eigenvalue weighted by Gasteiger charge is 2.51. The minimum atomic E-state index is -5.17. The van der Waals surface area contributed by atoms with E-state index in [0.29, 0.717) is 32.1 Å². The lowest BCUT2D eigenvalue weighted by Crippen LogP contribution is -2.64. The lowest BCUT2D eigenvalue weighted by atomic mass is 9.85. The molecule has 66 heavy (non-hydrogen) atoms. The van der Waals surface area contributed by atoms with Gasteiger partial charge in [0.2, 0.25) is 0 Å². The Hall–Kier alpha value is -3.53. The van der Waals surface area contributed by atoms with Crippen molar-refractivity contribution in [1.82, 2.24) is 0 Å². The molecule has 1 rings (SSSR count). The second-order valence-electron chi connectivity index (χ2n) is 16.1. The molecule has 1 aliphatic carbocycles. The topological polar surface area (TPSA) is 230 Å². The van der Waals surface area contributed by atoms with Gasteiger partial charge in [-0.25, -0.2) is 4.57 Å². The van der Waals surface area contributed by atoms with Crippen molar-refractivity contribution >= 4 is 19.8 Å². The second-order valence-corrected chi connectivity index (χ2v) is 17.5. The van der Waals surface area contributed by atoms with E-state index in [4.69, 9.17) is 18.5 Å². The van der Waals surface area contributed by atoms with Crippen LogP contribution in [-0.4, -0.2) is 110 Å². The van der Waals surface area contributed by atoms with Crippen molar-refractivity contribution in [2.24, 2.45) is 0 Å². The van der Waals surface area contributed by atoms with Gasteiger partial charge in [0.15, 0.2) is 6.10 Å². The van der Waals surface area contributed by atoms with E-state index in [-0.39, 0.29) is 12.8 Å². The molecule has 1 fully saturated rings. The normalized spacial score (nSPS) is 22.7. The molecule has 0 spiro atoms. The molecule has 0 bridgehead atoms. The third-order valence-electron chi connectivity index (χ3n) is 10.2. The number of rotatable bonds is 37. The molecule has 9 atom stereocenters. The number of carbonyl (C=O) groups excluding carboxylic acids is 2. The van der Waals surface area contributed by atoms with Gasteiger partial charge in [-0.05, 0) is 89.9 Å². The van der Waals surface area contributed by atoms with Crippen LogP contribution in [0.25, 0.3) is 0 Å². The maximum Gasteiger partial charge on any atom is 0.472 e. The summed E-state index contributed by atoms with van der Waals surface area (Å²) in [4.78, 5) is 35.7. The van der Waals surface area contributed by atoms with Gasteiger partial charge in [-0.15, -0.1) is 0 Å². The summed E-state index contributed by atoms with van der Waals surface area (Å²) in [5, 5.41) is 60.2. The number of allylic oxidation sites excluding steroid dienone is 16. The molecule has 0 aromatic rings. The molecule has 14 nitrogen and oxygen atoms in total. The molecule has 0 amide bonds. The Labute approximate surface area is 394 Å². The van der Waals surface area contributed by atoms with E-state index in [1.54, 1.807) is 12.2 Å². The van der Waals surface area contributed by atoms with Crippen LogP contribution in [0.15, 0.2) is 109 Å². The number of esters is 2. The average molecular weight is 949 g/mol. The highest BCUT2D eigenvalue weighted by Crippen LogP contribution is 2.47. The Kier molecular flexibility index (Phi) is 36.2. The molecule has 0 saturated heterocycles. The summed E-state index contributed by atoms with van der Waals surface area (Å²) in [6.45, 7) is 2.99. The van der Waals surface area contributed by atoms with E-state index in [2.05, 4.69) is 80.7 Å². The lowest BCUT2D eigenvalue weighted by Gasteiger charge is -2.41. The number of unbranched alkanes of at least 4 members (excludes halogenated alkanes) is 7. The van der Waals surface area contributed by atoms with Gasteiger partial charge in [0.05, 0.1) is 12.7 Å². The molecule has 0 radical (unpaired) electrons. The van der Waals surface area contributed by atoms with Crippen LogP contribution < -0.4 is 0 Å². The van der Waals surface area contributed by atoms with E-state index < -0.39 is 81.8 Å². The number of ether oxygens (including phenoxy) is 2. The molecule has 3 unspecified atom stereocenters. The van der Waals surface area contributed by atoms with Crippen LogP contribution in [0.3, 0.4) is 0 Å². The molecule has 15 heteroatoms. The standard InChI is InChI=1S/C51H81O14P/c1-3-5-7-9-11-12-13-14-15-16-17-18-19-20-21-22-26-30-34-38-44(53)62-40-43(41-63-66(60,61)65-51-49(58)47(56)46(55)48(57)50(51)59)64-45(54)39-35-31-27-24-23-25-29-33-37-42(52)36-32-28-10-8-6-4-2/h5,7,11-12,14-15,17-18,20-21,24-25,27-29,32-33,37,42-43,46-52,55-59H,3-4,6,8-10,13,16,19,22-23,26,30-31,34-36,38-41H2,1-2H3,(H,60,61)/b7-5-,12-11-,15-14-,18-17-,21-20-,27-24-,29-25-,32-28-,37-33+/t42-,43+,46?,47-,48+,49+,50+,51?/m0/s1. The van der Waals surface area contributed by atoms with Crippen LogP contribution in [0, 0.1) is 0 Å². The zero-order valence-electron chi connectivity index (χ0n) is 39.3. The van der Waals surface area contributed by atoms with Crippen molar-refractivity contribution in [3.8, 4) is 0 Å². The summed E-state index contributed by atoms with van der Waals surface area (Å²) in [6, 6.07) is 0. The molecule has 0 heterocycles. The fourth-order valence-corrected chi connectivity index (χ4v) is 7.30. The van der Waals surface area contributed by atoms with E-state index in [1.807, 2.05) is 30.4 Å². The van der Waals surface area contributed by atoms with Crippen molar-refractivity contribution in [3.63, 3.8) is 0 Å². The zero-order valence-corrected chi connectivity index (χ0v) is 40.2. The average Bonchev–Trinajstić information content (AvgIpc) is 3.29. The van der Waals surface area contributed by atoms with Gasteiger partial charge in [-0.1, -0.05) is 142 Å². The van der Waals surface area contributed by atoms with Gasteiger partial charge in [-0.2, -0.15) is 0 Å². The van der Waals surface area contributed by atoms with Crippen LogP contribution in [0.4, 0.5) is 0 Å². The zero-order chi connectivity index (χ0) is 48.7. The predicted molar refractivity (Wildman–Crippen MR) is 259 cm³/mol. The number of aliphatic hydroxyl groups excluding tert-OH is 6. The van der Waals surface area contributed by atoms with Gasteiger partial charge in [-0.3, -0.25) is 18.6 Å². The van der Waals surface area contributed by atoms with Gasteiger partial charge >= 0.3 is 19.8 Å². The highest BCUT2D eigenvalue weighted by molar-refractivity contribution is 7.47.